The van der Waals surface area contributed by atoms with Gasteiger partial charge in [0, 0.05) is 35.1 Å². The van der Waals surface area contributed by atoms with Crippen molar-refractivity contribution >= 4 is 44.4 Å². The number of carboxylic acids is 1. The Kier molecular flexibility index (Phi) is 4.21. The number of primary amides is 1. The Bertz CT molecular complexity index is 785. The van der Waals surface area contributed by atoms with Gasteiger partial charge in [0.2, 0.25) is 5.91 Å². The van der Waals surface area contributed by atoms with E-state index in [1.165, 1.54) is 6.20 Å². The molecule has 0 unspecified atom stereocenters. The number of hydrogen-bond donors (Lipinski definition) is 2. The maximum absolute atomic E-state index is 11.6. The molecule has 0 spiro atoms. The molecule has 1 aromatic carbocycles. The average Bonchev–Trinajstić information content (AvgIpc) is 2.53. The van der Waals surface area contributed by atoms with Gasteiger partial charge in [-0.3, -0.25) is 9.78 Å². The van der Waals surface area contributed by atoms with Crippen LogP contribution < -0.4 is 10.6 Å². The number of halogens is 1. The molecule has 0 aliphatic carbocycles. The van der Waals surface area contributed by atoms with Gasteiger partial charge in [0.25, 0.3) is 0 Å². The lowest BCUT2D eigenvalue weighted by molar-refractivity contribution is -0.122. The normalized spacial score (nSPS) is 15.8. The average molecular weight is 378 g/mol. The molecule has 1 aliphatic rings. The number of hydrogen-bond acceptors (Lipinski definition) is 4. The highest BCUT2D eigenvalue weighted by atomic mass is 79.9. The summed E-state index contributed by atoms with van der Waals surface area (Å²) >= 11 is 3.43. The van der Waals surface area contributed by atoms with Crippen LogP contribution >= 0.6 is 15.9 Å². The van der Waals surface area contributed by atoms with Crippen LogP contribution in [0.4, 0.5) is 5.69 Å². The Balaban J connectivity index is 2.07. The first-order valence-electron chi connectivity index (χ1n) is 7.33. The Labute approximate surface area is 141 Å². The molecule has 6 nitrogen and oxygen atoms in total. The first-order chi connectivity index (χ1) is 11.0. The van der Waals surface area contributed by atoms with Gasteiger partial charge >= 0.3 is 5.97 Å². The molecule has 7 heteroatoms. The van der Waals surface area contributed by atoms with Crippen molar-refractivity contribution in [1.29, 1.82) is 0 Å². The molecule has 0 radical (unpaired) electrons. The second-order valence-electron chi connectivity index (χ2n) is 5.65. The zero-order valence-corrected chi connectivity index (χ0v) is 13.9. The summed E-state index contributed by atoms with van der Waals surface area (Å²) in [5, 5.41) is 10.3. The third-order valence-electron chi connectivity index (χ3n) is 4.25. The fourth-order valence-electron chi connectivity index (χ4n) is 3.04. The van der Waals surface area contributed by atoms with Gasteiger partial charge < -0.3 is 15.7 Å². The van der Waals surface area contributed by atoms with Crippen LogP contribution in [0.2, 0.25) is 0 Å². The number of carbonyl (C=O) groups is 2. The summed E-state index contributed by atoms with van der Waals surface area (Å²) in [4.78, 5) is 29.2. The van der Waals surface area contributed by atoms with E-state index in [0.717, 1.165) is 15.4 Å². The van der Waals surface area contributed by atoms with Gasteiger partial charge in [0.1, 0.15) is 5.56 Å². The van der Waals surface area contributed by atoms with Gasteiger partial charge in [-0.05, 0) is 31.0 Å². The minimum atomic E-state index is -1.01. The van der Waals surface area contributed by atoms with E-state index in [9.17, 15) is 14.7 Å². The van der Waals surface area contributed by atoms with E-state index in [4.69, 9.17) is 5.73 Å². The van der Waals surface area contributed by atoms with Crippen LogP contribution in [-0.4, -0.2) is 35.1 Å². The van der Waals surface area contributed by atoms with E-state index in [1.807, 2.05) is 23.1 Å². The number of aromatic carboxylic acids is 1. The van der Waals surface area contributed by atoms with Gasteiger partial charge in [-0.1, -0.05) is 15.9 Å². The molecule has 2 aromatic rings. The zero-order valence-electron chi connectivity index (χ0n) is 12.3. The van der Waals surface area contributed by atoms with Crippen LogP contribution in [0.25, 0.3) is 10.9 Å². The summed E-state index contributed by atoms with van der Waals surface area (Å²) in [6.45, 7) is 1.19. The maximum atomic E-state index is 11.6. The van der Waals surface area contributed by atoms with Crippen molar-refractivity contribution < 1.29 is 14.7 Å². The summed E-state index contributed by atoms with van der Waals surface area (Å²) < 4.78 is 0.864. The highest BCUT2D eigenvalue weighted by Gasteiger charge is 2.27. The molecule has 1 aromatic heterocycles. The number of nitrogens with zero attached hydrogens (tertiary/aromatic N) is 2. The number of pyridine rings is 1. The number of nitrogens with two attached hydrogens (primary N) is 1. The van der Waals surface area contributed by atoms with Crippen molar-refractivity contribution in [1.82, 2.24) is 4.98 Å². The van der Waals surface area contributed by atoms with Crippen LogP contribution in [0.5, 0.6) is 0 Å². The Morgan fingerprint density at radius 1 is 1.30 bits per heavy atom. The summed E-state index contributed by atoms with van der Waals surface area (Å²) in [7, 11) is 0. The van der Waals surface area contributed by atoms with Crippen molar-refractivity contribution in [3.05, 3.63) is 34.4 Å². The van der Waals surface area contributed by atoms with Gasteiger partial charge in [-0.15, -0.1) is 0 Å². The fraction of sp³-hybridized carbons (Fsp3) is 0.312. The molecule has 0 atom stereocenters. The molecular formula is C16H16BrN3O3. The Morgan fingerprint density at radius 2 is 2.00 bits per heavy atom. The molecular weight excluding hydrogens is 362 g/mol. The zero-order chi connectivity index (χ0) is 16.6. The quantitative estimate of drug-likeness (QED) is 0.855. The molecule has 2 heterocycles. The van der Waals surface area contributed by atoms with Crippen molar-refractivity contribution in [2.45, 2.75) is 12.8 Å². The van der Waals surface area contributed by atoms with Crippen LogP contribution in [0.3, 0.4) is 0 Å². The number of anilines is 1. The first-order valence-corrected chi connectivity index (χ1v) is 8.12. The molecule has 0 saturated carbocycles. The van der Waals surface area contributed by atoms with E-state index >= 15 is 0 Å². The minimum absolute atomic E-state index is 0.139. The highest BCUT2D eigenvalue weighted by molar-refractivity contribution is 9.10. The number of fused-ring (bicyclic) bond motifs is 1. The second-order valence-corrected chi connectivity index (χ2v) is 6.57. The summed E-state index contributed by atoms with van der Waals surface area (Å²) in [5.74, 6) is -1.43. The van der Waals surface area contributed by atoms with Crippen molar-refractivity contribution in [3.63, 3.8) is 0 Å². The summed E-state index contributed by atoms with van der Waals surface area (Å²) in [6, 6.07) is 5.61. The molecule has 1 fully saturated rings. The monoisotopic (exact) mass is 377 g/mol. The lowest BCUT2D eigenvalue weighted by Crippen LogP contribution is -2.39. The third-order valence-corrected chi connectivity index (χ3v) is 4.74. The van der Waals surface area contributed by atoms with Crippen molar-refractivity contribution in [2.75, 3.05) is 18.0 Å². The predicted octanol–water partition coefficient (Wildman–Crippen LogP) is 2.40. The second kappa shape index (κ2) is 6.16. The highest BCUT2D eigenvalue weighted by Crippen LogP contribution is 2.34. The number of rotatable bonds is 3. The van der Waals surface area contributed by atoms with Crippen LogP contribution in [-0.2, 0) is 4.79 Å². The first kappa shape index (κ1) is 15.7. The predicted molar refractivity (Wildman–Crippen MR) is 90.5 cm³/mol. The molecule has 1 aliphatic heterocycles. The van der Waals surface area contributed by atoms with Gasteiger partial charge in [0.05, 0.1) is 11.2 Å². The van der Waals surface area contributed by atoms with E-state index in [1.54, 1.807) is 0 Å². The standard InChI is InChI=1S/C16H16BrN3O3/c17-10-1-2-13-11(7-10)14(12(8-19-13)16(22)23)20-5-3-9(4-6-20)15(18)21/h1-2,7-9H,3-6H2,(H2,18,21)(H,22,23). The summed E-state index contributed by atoms with van der Waals surface area (Å²) in [6.07, 6.45) is 2.66. The number of aromatic nitrogens is 1. The van der Waals surface area contributed by atoms with Gasteiger partial charge in [0.15, 0.2) is 0 Å². The molecule has 1 saturated heterocycles. The molecule has 3 rings (SSSR count). The van der Waals surface area contributed by atoms with E-state index in [-0.39, 0.29) is 17.4 Å². The summed E-state index contributed by atoms with van der Waals surface area (Å²) in [5.41, 5.74) is 6.95. The molecule has 1 amide bonds. The molecule has 0 bridgehead atoms. The lowest BCUT2D eigenvalue weighted by Gasteiger charge is -2.33. The molecule has 120 valence electrons. The van der Waals surface area contributed by atoms with Gasteiger partial charge in [-0.2, -0.15) is 0 Å². The van der Waals surface area contributed by atoms with Crippen LogP contribution in [0, 0.1) is 5.92 Å². The smallest absolute Gasteiger partial charge is 0.339 e. The topological polar surface area (TPSA) is 96.5 Å². The molecule has 3 N–H and O–H groups in total. The van der Waals surface area contributed by atoms with E-state index in [0.29, 0.717) is 31.6 Å². The number of carboxylic acid groups (broad SMARTS) is 1. The van der Waals surface area contributed by atoms with E-state index in [2.05, 4.69) is 20.9 Å². The Hall–Kier alpha value is -2.15. The number of carbonyl (C=O) groups excluding carboxylic acids is 1. The fourth-order valence-corrected chi connectivity index (χ4v) is 3.40. The number of piperidine rings is 1. The maximum Gasteiger partial charge on any atom is 0.339 e. The number of amides is 1. The molecule has 23 heavy (non-hydrogen) atoms. The van der Waals surface area contributed by atoms with Crippen LogP contribution in [0.15, 0.2) is 28.9 Å². The Morgan fingerprint density at radius 3 is 2.61 bits per heavy atom. The van der Waals surface area contributed by atoms with Gasteiger partial charge in [-0.25, -0.2) is 4.79 Å². The van der Waals surface area contributed by atoms with Crippen LogP contribution in [0.1, 0.15) is 23.2 Å². The van der Waals surface area contributed by atoms with Crippen molar-refractivity contribution in [2.24, 2.45) is 11.7 Å². The SMILES string of the molecule is NC(=O)C1CCN(c2c(C(=O)O)cnc3ccc(Br)cc23)CC1. The minimum Gasteiger partial charge on any atom is -0.478 e. The largest absolute Gasteiger partial charge is 0.478 e. The lowest BCUT2D eigenvalue weighted by atomic mass is 9.95. The third kappa shape index (κ3) is 3.01. The van der Waals surface area contributed by atoms with E-state index < -0.39 is 5.97 Å². The number of benzene rings is 1. The van der Waals surface area contributed by atoms with Crippen molar-refractivity contribution in [3.8, 4) is 0 Å².